The molecule has 0 atom stereocenters. The number of nitrogens with one attached hydrogen (secondary N) is 2. The molecule has 0 saturated heterocycles. The highest BCUT2D eigenvalue weighted by atomic mass is 16.6. The smallest absolute Gasteiger partial charge is 0.313 e. The van der Waals surface area contributed by atoms with Crippen LogP contribution in [0.4, 0.5) is 5.69 Å². The van der Waals surface area contributed by atoms with Crippen molar-refractivity contribution in [2.45, 2.75) is 6.54 Å². The highest BCUT2D eigenvalue weighted by Crippen LogP contribution is 2.19. The van der Waals surface area contributed by atoms with E-state index in [4.69, 9.17) is 0 Å². The van der Waals surface area contributed by atoms with E-state index in [1.54, 1.807) is 41.5 Å². The van der Waals surface area contributed by atoms with Gasteiger partial charge in [0, 0.05) is 25.5 Å². The average Bonchev–Trinajstić information content (AvgIpc) is 3.18. The number of amides is 2. The fourth-order valence-corrected chi connectivity index (χ4v) is 1.88. The van der Waals surface area contributed by atoms with Gasteiger partial charge in [-0.05, 0) is 22.4 Å². The second-order valence-corrected chi connectivity index (χ2v) is 4.45. The zero-order valence-electron chi connectivity index (χ0n) is 11.4. The van der Waals surface area contributed by atoms with Crippen LogP contribution in [0.2, 0.25) is 0 Å². The Morgan fingerprint density at radius 1 is 1.23 bits per heavy atom. The lowest BCUT2D eigenvalue weighted by Gasteiger charge is -2.06. The third-order valence-corrected chi connectivity index (χ3v) is 2.96. The zero-order chi connectivity index (χ0) is 15.4. The van der Waals surface area contributed by atoms with E-state index >= 15 is 0 Å². The number of rotatable bonds is 4. The summed E-state index contributed by atoms with van der Waals surface area (Å²) in [5, 5.41) is 12.4. The first kappa shape index (κ1) is 13.7. The SMILES string of the molecule is O=C(NCCn1ccnc1)C(=O)Nc1cccc2nonc12. The Morgan fingerprint density at radius 2 is 2.14 bits per heavy atom. The Balaban J connectivity index is 1.57. The molecular weight excluding hydrogens is 288 g/mol. The lowest BCUT2D eigenvalue weighted by Crippen LogP contribution is -2.37. The van der Waals surface area contributed by atoms with E-state index in [0.29, 0.717) is 29.8 Å². The topological polar surface area (TPSA) is 115 Å². The number of carbonyl (C=O) groups excluding carboxylic acids is 2. The third kappa shape index (κ3) is 2.92. The summed E-state index contributed by atoms with van der Waals surface area (Å²) in [6.07, 6.45) is 5.04. The predicted octanol–water partition coefficient (Wildman–Crippen LogP) is 0.174. The van der Waals surface area contributed by atoms with Gasteiger partial charge in [0.25, 0.3) is 0 Å². The molecule has 2 N–H and O–H groups in total. The molecule has 3 aromatic rings. The van der Waals surface area contributed by atoms with Crippen molar-refractivity contribution in [1.82, 2.24) is 25.2 Å². The molecule has 2 aromatic heterocycles. The molecule has 0 radical (unpaired) electrons. The Kier molecular flexibility index (Phi) is 3.77. The van der Waals surface area contributed by atoms with Gasteiger partial charge >= 0.3 is 11.8 Å². The molecule has 2 amide bonds. The van der Waals surface area contributed by atoms with E-state index in [0.717, 1.165) is 0 Å². The fourth-order valence-electron chi connectivity index (χ4n) is 1.88. The zero-order valence-corrected chi connectivity index (χ0v) is 11.4. The number of nitrogens with zero attached hydrogens (tertiary/aromatic N) is 4. The van der Waals surface area contributed by atoms with Crippen molar-refractivity contribution in [2.24, 2.45) is 0 Å². The predicted molar refractivity (Wildman–Crippen MR) is 75.7 cm³/mol. The van der Waals surface area contributed by atoms with Gasteiger partial charge in [-0.25, -0.2) is 9.61 Å². The quantitative estimate of drug-likeness (QED) is 0.664. The van der Waals surface area contributed by atoms with Crippen molar-refractivity contribution in [3.8, 4) is 0 Å². The van der Waals surface area contributed by atoms with Crippen LogP contribution in [0.1, 0.15) is 0 Å². The molecule has 0 bridgehead atoms. The van der Waals surface area contributed by atoms with Crippen molar-refractivity contribution in [2.75, 3.05) is 11.9 Å². The average molecular weight is 300 g/mol. The van der Waals surface area contributed by atoms with Gasteiger partial charge in [0.1, 0.15) is 5.52 Å². The van der Waals surface area contributed by atoms with Gasteiger partial charge in [-0.3, -0.25) is 9.59 Å². The van der Waals surface area contributed by atoms with E-state index < -0.39 is 11.8 Å². The maximum Gasteiger partial charge on any atom is 0.313 e. The van der Waals surface area contributed by atoms with Crippen LogP contribution in [-0.4, -0.2) is 38.2 Å². The lowest BCUT2D eigenvalue weighted by atomic mass is 10.2. The van der Waals surface area contributed by atoms with Crippen molar-refractivity contribution in [3.63, 3.8) is 0 Å². The number of anilines is 1. The second kappa shape index (κ2) is 6.04. The van der Waals surface area contributed by atoms with Gasteiger partial charge in [0.2, 0.25) is 0 Å². The number of fused-ring (bicyclic) bond motifs is 1. The van der Waals surface area contributed by atoms with Gasteiger partial charge in [-0.1, -0.05) is 6.07 Å². The van der Waals surface area contributed by atoms with Crippen LogP contribution in [-0.2, 0) is 16.1 Å². The van der Waals surface area contributed by atoms with Crippen molar-refractivity contribution in [1.29, 1.82) is 0 Å². The summed E-state index contributed by atoms with van der Waals surface area (Å²) in [4.78, 5) is 27.5. The molecule has 1 aromatic carbocycles. The molecule has 0 aliphatic rings. The van der Waals surface area contributed by atoms with Crippen LogP contribution in [0.25, 0.3) is 11.0 Å². The molecule has 3 rings (SSSR count). The summed E-state index contributed by atoms with van der Waals surface area (Å²) in [5.74, 6) is -1.50. The Hall–Kier alpha value is -3.23. The van der Waals surface area contributed by atoms with E-state index in [-0.39, 0.29) is 0 Å². The number of aromatic nitrogens is 4. The minimum absolute atomic E-state index is 0.318. The molecule has 0 aliphatic heterocycles. The molecule has 0 aliphatic carbocycles. The fraction of sp³-hybridized carbons (Fsp3) is 0.154. The molecule has 9 heteroatoms. The van der Waals surface area contributed by atoms with Crippen LogP contribution in [0.5, 0.6) is 0 Å². The van der Waals surface area contributed by atoms with Crippen LogP contribution >= 0.6 is 0 Å². The van der Waals surface area contributed by atoms with E-state index in [1.807, 2.05) is 0 Å². The molecular formula is C13H12N6O3. The highest BCUT2D eigenvalue weighted by molar-refractivity contribution is 6.40. The van der Waals surface area contributed by atoms with Crippen LogP contribution in [0.15, 0.2) is 41.5 Å². The summed E-state index contributed by atoms with van der Waals surface area (Å²) in [6.45, 7) is 0.847. The Bertz CT molecular complexity index is 795. The first-order chi connectivity index (χ1) is 10.7. The summed E-state index contributed by atoms with van der Waals surface area (Å²) in [5.41, 5.74) is 1.26. The minimum atomic E-state index is -0.777. The van der Waals surface area contributed by atoms with Crippen molar-refractivity contribution in [3.05, 3.63) is 36.9 Å². The third-order valence-electron chi connectivity index (χ3n) is 2.96. The van der Waals surface area contributed by atoms with Gasteiger partial charge in [-0.2, -0.15) is 0 Å². The second-order valence-electron chi connectivity index (χ2n) is 4.45. The normalized spacial score (nSPS) is 10.5. The summed E-state index contributed by atoms with van der Waals surface area (Å²) < 4.78 is 6.38. The molecule has 0 unspecified atom stereocenters. The van der Waals surface area contributed by atoms with Crippen LogP contribution in [0, 0.1) is 0 Å². The number of imidazole rings is 1. The van der Waals surface area contributed by atoms with E-state index in [1.165, 1.54) is 0 Å². The first-order valence-electron chi connectivity index (χ1n) is 6.50. The maximum atomic E-state index is 11.8. The largest absolute Gasteiger partial charge is 0.346 e. The molecule has 112 valence electrons. The van der Waals surface area contributed by atoms with Crippen LogP contribution < -0.4 is 10.6 Å². The number of carbonyl (C=O) groups is 2. The highest BCUT2D eigenvalue weighted by Gasteiger charge is 2.15. The summed E-state index contributed by atoms with van der Waals surface area (Å²) in [7, 11) is 0. The van der Waals surface area contributed by atoms with Gasteiger partial charge < -0.3 is 15.2 Å². The number of hydrogen-bond donors (Lipinski definition) is 2. The van der Waals surface area contributed by atoms with E-state index in [9.17, 15) is 9.59 Å². The van der Waals surface area contributed by atoms with E-state index in [2.05, 4.69) is 30.6 Å². The Labute approximate surface area is 124 Å². The maximum absolute atomic E-state index is 11.8. The molecule has 2 heterocycles. The number of benzene rings is 1. The van der Waals surface area contributed by atoms with Gasteiger partial charge in [0.15, 0.2) is 5.52 Å². The van der Waals surface area contributed by atoms with Crippen molar-refractivity contribution >= 4 is 28.5 Å². The lowest BCUT2D eigenvalue weighted by molar-refractivity contribution is -0.136. The van der Waals surface area contributed by atoms with Crippen molar-refractivity contribution < 1.29 is 14.2 Å². The molecule has 9 nitrogen and oxygen atoms in total. The van der Waals surface area contributed by atoms with Gasteiger partial charge in [0.05, 0.1) is 12.0 Å². The van der Waals surface area contributed by atoms with Gasteiger partial charge in [-0.15, -0.1) is 0 Å². The molecule has 0 spiro atoms. The Morgan fingerprint density at radius 3 is 2.95 bits per heavy atom. The molecule has 22 heavy (non-hydrogen) atoms. The summed E-state index contributed by atoms with van der Waals surface area (Å²) >= 11 is 0. The molecule has 0 fully saturated rings. The van der Waals surface area contributed by atoms with Crippen LogP contribution in [0.3, 0.4) is 0 Å². The monoisotopic (exact) mass is 300 g/mol. The molecule has 0 saturated carbocycles. The minimum Gasteiger partial charge on any atom is -0.346 e. The number of hydrogen-bond acceptors (Lipinski definition) is 6. The first-order valence-corrected chi connectivity index (χ1v) is 6.50. The summed E-state index contributed by atoms with van der Waals surface area (Å²) in [6, 6.07) is 4.98. The standard InChI is InChI=1S/C13H12N6O3/c20-12(15-5-7-19-6-4-14-8-19)13(21)16-9-2-1-3-10-11(9)18-22-17-10/h1-4,6,8H,5,7H2,(H,15,20)(H,16,21).